The van der Waals surface area contributed by atoms with E-state index in [-0.39, 0.29) is 17.1 Å². The van der Waals surface area contributed by atoms with Gasteiger partial charge < -0.3 is 19.5 Å². The van der Waals surface area contributed by atoms with E-state index < -0.39 is 0 Å². The third-order valence-electron chi connectivity index (χ3n) is 4.58. The molecule has 2 N–H and O–H groups in total. The molecule has 1 saturated heterocycles. The van der Waals surface area contributed by atoms with Crippen LogP contribution in [0.4, 0.5) is 5.69 Å². The third-order valence-corrected chi connectivity index (χ3v) is 5.40. The molecule has 6 nitrogen and oxygen atoms in total. The average molecular weight is 507 g/mol. The lowest BCUT2D eigenvalue weighted by Gasteiger charge is -2.16. The Morgan fingerprint density at radius 3 is 2.74 bits per heavy atom. The number of anilines is 1. The van der Waals surface area contributed by atoms with Gasteiger partial charge in [0.1, 0.15) is 18.1 Å². The molecule has 1 aliphatic heterocycles. The number of nitrogens with one attached hydrogen (secondary N) is 2. The number of carbonyl (C=O) groups excluding carboxylic acids is 1. The summed E-state index contributed by atoms with van der Waals surface area (Å²) in [6.45, 7) is 6.03. The maximum atomic E-state index is 12.6. The zero-order chi connectivity index (χ0) is 22.2. The van der Waals surface area contributed by atoms with Crippen molar-refractivity contribution in [1.82, 2.24) is 5.32 Å². The summed E-state index contributed by atoms with van der Waals surface area (Å²) in [6.07, 6.45) is 2.18. The van der Waals surface area contributed by atoms with E-state index >= 15 is 0 Å². The lowest BCUT2D eigenvalue weighted by Crippen LogP contribution is -2.34. The van der Waals surface area contributed by atoms with Crippen LogP contribution < -0.4 is 20.1 Å². The number of amides is 1. The van der Waals surface area contributed by atoms with Crippen molar-refractivity contribution in [3.63, 3.8) is 0 Å². The van der Waals surface area contributed by atoms with Gasteiger partial charge in [-0.25, -0.2) is 0 Å². The van der Waals surface area contributed by atoms with Crippen LogP contribution >= 0.6 is 28.1 Å². The third kappa shape index (κ3) is 7.19. The van der Waals surface area contributed by atoms with Crippen LogP contribution in [0.15, 0.2) is 46.9 Å². The predicted molar refractivity (Wildman–Crippen MR) is 129 cm³/mol. The quantitative estimate of drug-likeness (QED) is 0.481. The molecule has 2 aromatic carbocycles. The lowest BCUT2D eigenvalue weighted by atomic mass is 10.2. The summed E-state index contributed by atoms with van der Waals surface area (Å²) in [7, 11) is 0. The van der Waals surface area contributed by atoms with Crippen molar-refractivity contribution >= 4 is 44.9 Å². The van der Waals surface area contributed by atoms with Crippen molar-refractivity contribution in [2.24, 2.45) is 5.92 Å². The second-order valence-corrected chi connectivity index (χ2v) is 8.96. The topological polar surface area (TPSA) is 68.8 Å². The fraction of sp³-hybridized carbons (Fsp3) is 0.391. The Morgan fingerprint density at radius 2 is 2.03 bits per heavy atom. The van der Waals surface area contributed by atoms with Crippen molar-refractivity contribution in [2.45, 2.75) is 32.8 Å². The number of hydrogen-bond donors (Lipinski definition) is 2. The Hall–Kier alpha value is -2.16. The van der Waals surface area contributed by atoms with Gasteiger partial charge in [0, 0.05) is 12.2 Å². The first-order valence-electron chi connectivity index (χ1n) is 10.3. The molecule has 1 heterocycles. The molecule has 2 aromatic rings. The van der Waals surface area contributed by atoms with Gasteiger partial charge in [-0.2, -0.15) is 0 Å². The highest BCUT2D eigenvalue weighted by atomic mass is 79.9. The fourth-order valence-electron chi connectivity index (χ4n) is 3.00. The molecule has 0 spiro atoms. The number of thiocarbonyl (C=S) groups is 1. The van der Waals surface area contributed by atoms with E-state index in [0.717, 1.165) is 19.4 Å². The van der Waals surface area contributed by atoms with E-state index in [0.29, 0.717) is 46.4 Å². The van der Waals surface area contributed by atoms with Gasteiger partial charge >= 0.3 is 0 Å². The first-order chi connectivity index (χ1) is 14.9. The number of ether oxygens (including phenoxy) is 3. The summed E-state index contributed by atoms with van der Waals surface area (Å²) >= 11 is 8.79. The highest BCUT2D eigenvalue weighted by molar-refractivity contribution is 9.10. The Balaban J connectivity index is 1.57. The second-order valence-electron chi connectivity index (χ2n) is 7.70. The summed E-state index contributed by atoms with van der Waals surface area (Å²) in [4.78, 5) is 12.6. The molecule has 0 saturated carbocycles. The zero-order valence-corrected chi connectivity index (χ0v) is 20.1. The van der Waals surface area contributed by atoms with E-state index in [1.807, 2.05) is 24.3 Å². The highest BCUT2D eigenvalue weighted by Gasteiger charge is 2.17. The van der Waals surface area contributed by atoms with Gasteiger partial charge in [-0.1, -0.05) is 26.0 Å². The predicted octanol–water partition coefficient (Wildman–Crippen LogP) is 5.17. The Morgan fingerprint density at radius 1 is 1.23 bits per heavy atom. The molecule has 0 aliphatic carbocycles. The maximum Gasteiger partial charge on any atom is 0.257 e. The normalized spacial score (nSPS) is 15.5. The zero-order valence-electron chi connectivity index (χ0n) is 17.7. The molecule has 0 radical (unpaired) electrons. The molecule has 0 aromatic heterocycles. The van der Waals surface area contributed by atoms with E-state index in [9.17, 15) is 4.79 Å². The monoisotopic (exact) mass is 506 g/mol. The number of carbonyl (C=O) groups is 1. The molecule has 0 bridgehead atoms. The fourth-order valence-corrected chi connectivity index (χ4v) is 3.69. The van der Waals surface area contributed by atoms with Crippen LogP contribution in [0.1, 0.15) is 37.0 Å². The highest BCUT2D eigenvalue weighted by Crippen LogP contribution is 2.27. The number of halogens is 1. The Kier molecular flexibility index (Phi) is 8.69. The first kappa shape index (κ1) is 23.5. The van der Waals surface area contributed by atoms with Gasteiger partial charge in [-0.15, -0.1) is 0 Å². The lowest BCUT2D eigenvalue weighted by molar-refractivity contribution is 0.0682. The Bertz CT molecular complexity index is 916. The number of para-hydroxylation sites is 2. The van der Waals surface area contributed by atoms with Crippen molar-refractivity contribution < 1.29 is 19.0 Å². The summed E-state index contributed by atoms with van der Waals surface area (Å²) < 4.78 is 17.9. The second kappa shape index (κ2) is 11.5. The van der Waals surface area contributed by atoms with E-state index in [2.05, 4.69) is 40.4 Å². The van der Waals surface area contributed by atoms with Crippen molar-refractivity contribution in [2.75, 3.05) is 25.1 Å². The number of benzene rings is 2. The van der Waals surface area contributed by atoms with Gasteiger partial charge in [0.15, 0.2) is 5.11 Å². The summed E-state index contributed by atoms with van der Waals surface area (Å²) in [5.74, 6) is 1.45. The van der Waals surface area contributed by atoms with E-state index in [1.165, 1.54) is 0 Å². The van der Waals surface area contributed by atoms with Crippen LogP contribution in [0.3, 0.4) is 0 Å². The molecule has 31 heavy (non-hydrogen) atoms. The largest absolute Gasteiger partial charge is 0.492 e. The standard InChI is InChI=1S/C23H27BrN2O4S/c1-15(2)13-29-20-10-9-16(12-18(20)24)22(27)26-23(31)25-19-7-3-4-8-21(19)30-14-17-6-5-11-28-17/h3-4,7-10,12,15,17H,5-6,11,13-14H2,1-2H3,(H2,25,26,27,31). The first-order valence-corrected chi connectivity index (χ1v) is 11.5. The minimum absolute atomic E-state index is 0.116. The number of hydrogen-bond acceptors (Lipinski definition) is 5. The molecule has 1 amide bonds. The minimum atomic E-state index is -0.314. The van der Waals surface area contributed by atoms with Crippen LogP contribution in [-0.4, -0.2) is 36.9 Å². The van der Waals surface area contributed by atoms with Gasteiger partial charge in [0.2, 0.25) is 0 Å². The molecule has 1 fully saturated rings. The molecule has 1 unspecified atom stereocenters. The van der Waals surface area contributed by atoms with Crippen LogP contribution in [0.25, 0.3) is 0 Å². The van der Waals surface area contributed by atoms with Crippen LogP contribution in [0, 0.1) is 5.92 Å². The molecule has 3 rings (SSSR count). The van der Waals surface area contributed by atoms with E-state index in [1.54, 1.807) is 18.2 Å². The molecule has 1 aliphatic rings. The maximum absolute atomic E-state index is 12.6. The molecular formula is C23H27BrN2O4S. The minimum Gasteiger partial charge on any atom is -0.492 e. The average Bonchev–Trinajstić information content (AvgIpc) is 3.25. The van der Waals surface area contributed by atoms with E-state index in [4.69, 9.17) is 26.4 Å². The van der Waals surface area contributed by atoms with Crippen LogP contribution in [0.5, 0.6) is 11.5 Å². The molecular weight excluding hydrogens is 480 g/mol. The summed E-state index contributed by atoms with van der Waals surface area (Å²) in [5.41, 5.74) is 1.15. The Labute approximate surface area is 196 Å². The van der Waals surface area contributed by atoms with Crippen molar-refractivity contribution in [3.05, 3.63) is 52.5 Å². The summed E-state index contributed by atoms with van der Waals surface area (Å²) in [5, 5.41) is 5.94. The van der Waals surface area contributed by atoms with Gasteiger partial charge in [0.25, 0.3) is 5.91 Å². The molecule has 8 heteroatoms. The van der Waals surface area contributed by atoms with Crippen LogP contribution in [0.2, 0.25) is 0 Å². The summed E-state index contributed by atoms with van der Waals surface area (Å²) in [6, 6.07) is 12.7. The van der Waals surface area contributed by atoms with Gasteiger partial charge in [-0.3, -0.25) is 10.1 Å². The van der Waals surface area contributed by atoms with Gasteiger partial charge in [-0.05, 0) is 77.2 Å². The SMILES string of the molecule is CC(C)COc1ccc(C(=O)NC(=S)Nc2ccccc2OCC2CCCO2)cc1Br. The van der Waals surface area contributed by atoms with Crippen LogP contribution in [-0.2, 0) is 4.74 Å². The van der Waals surface area contributed by atoms with Crippen molar-refractivity contribution in [1.29, 1.82) is 0 Å². The number of rotatable bonds is 8. The van der Waals surface area contributed by atoms with Crippen molar-refractivity contribution in [3.8, 4) is 11.5 Å². The van der Waals surface area contributed by atoms with Gasteiger partial charge in [0.05, 0.1) is 22.9 Å². The molecule has 166 valence electrons. The molecule has 1 atom stereocenters. The smallest absolute Gasteiger partial charge is 0.257 e.